The first-order chi connectivity index (χ1) is 6.76. The van der Waals surface area contributed by atoms with Crippen LogP contribution in [0.3, 0.4) is 0 Å². The van der Waals surface area contributed by atoms with E-state index in [0.717, 1.165) is 6.08 Å². The van der Waals surface area contributed by atoms with Crippen LogP contribution in [-0.2, 0) is 0 Å². The summed E-state index contributed by atoms with van der Waals surface area (Å²) in [6.07, 6.45) is -7.44. The average molecular weight is 232 g/mol. The molecule has 0 aromatic rings. The fraction of sp³-hybridized carbons (Fsp3) is 0.778. The van der Waals surface area contributed by atoms with Crippen molar-refractivity contribution < 1.29 is 26.3 Å². The Bertz CT molecular complexity index is 252. The molecule has 6 heteroatoms. The number of hydrogen-bond donors (Lipinski definition) is 0. The zero-order chi connectivity index (χ0) is 11.7. The number of alkyl halides is 6. The van der Waals surface area contributed by atoms with Crippen molar-refractivity contribution in [2.24, 2.45) is 0 Å². The zero-order valence-corrected chi connectivity index (χ0v) is 7.75. The Morgan fingerprint density at radius 2 is 1.67 bits per heavy atom. The molecule has 0 aromatic heterocycles. The van der Waals surface area contributed by atoms with Crippen molar-refractivity contribution in [2.45, 2.75) is 44.0 Å². The molecular formula is C9H10F6. The fourth-order valence-corrected chi connectivity index (χ4v) is 1.51. The molecule has 1 atom stereocenters. The van der Waals surface area contributed by atoms with E-state index >= 15 is 0 Å². The molecule has 0 heterocycles. The van der Waals surface area contributed by atoms with Gasteiger partial charge in [-0.3, -0.25) is 0 Å². The minimum Gasteiger partial charge on any atom is -0.230 e. The van der Waals surface area contributed by atoms with Gasteiger partial charge in [-0.15, -0.1) is 0 Å². The van der Waals surface area contributed by atoms with E-state index in [1.54, 1.807) is 0 Å². The van der Waals surface area contributed by atoms with Crippen molar-refractivity contribution in [2.75, 3.05) is 0 Å². The number of hydrogen-bond acceptors (Lipinski definition) is 0. The molecule has 0 radical (unpaired) electrons. The Hall–Kier alpha value is -0.680. The summed E-state index contributed by atoms with van der Waals surface area (Å²) in [7, 11) is 0. The third-order valence-corrected chi connectivity index (χ3v) is 2.32. The third-order valence-electron chi connectivity index (χ3n) is 2.32. The molecule has 0 bridgehead atoms. The minimum atomic E-state index is -5.51. The van der Waals surface area contributed by atoms with E-state index in [2.05, 4.69) is 0 Å². The highest BCUT2D eigenvalue weighted by Crippen LogP contribution is 2.42. The largest absolute Gasteiger partial charge is 0.426 e. The predicted molar refractivity (Wildman–Crippen MR) is 42.4 cm³/mol. The second kappa shape index (κ2) is 4.06. The van der Waals surface area contributed by atoms with Gasteiger partial charge in [0.25, 0.3) is 6.17 Å². The quantitative estimate of drug-likeness (QED) is 0.498. The summed E-state index contributed by atoms with van der Waals surface area (Å²) in [4.78, 5) is 0. The van der Waals surface area contributed by atoms with Crippen molar-refractivity contribution in [3.05, 3.63) is 11.6 Å². The van der Waals surface area contributed by atoms with Crippen molar-refractivity contribution >= 4 is 0 Å². The van der Waals surface area contributed by atoms with E-state index in [9.17, 15) is 26.3 Å². The molecule has 0 N–H and O–H groups in total. The SMILES string of the molecule is FC(C(F)(F)F)C(F)(F)C1=CCCCC1. The predicted octanol–water partition coefficient (Wildman–Crippen LogP) is 4.02. The van der Waals surface area contributed by atoms with Gasteiger partial charge >= 0.3 is 12.1 Å². The maximum absolute atomic E-state index is 13.0. The Morgan fingerprint density at radius 1 is 1.07 bits per heavy atom. The summed E-state index contributed by atoms with van der Waals surface area (Å²) >= 11 is 0. The van der Waals surface area contributed by atoms with Gasteiger partial charge in [0.1, 0.15) is 0 Å². The second-order valence-corrected chi connectivity index (χ2v) is 3.50. The van der Waals surface area contributed by atoms with Crippen LogP contribution >= 0.6 is 0 Å². The van der Waals surface area contributed by atoms with E-state index in [4.69, 9.17) is 0 Å². The van der Waals surface area contributed by atoms with E-state index in [1.165, 1.54) is 0 Å². The van der Waals surface area contributed by atoms with Crippen molar-refractivity contribution in [1.82, 2.24) is 0 Å². The van der Waals surface area contributed by atoms with Crippen LogP contribution in [0.2, 0.25) is 0 Å². The van der Waals surface area contributed by atoms with Gasteiger partial charge < -0.3 is 0 Å². The third kappa shape index (κ3) is 2.66. The molecule has 0 saturated heterocycles. The summed E-state index contributed by atoms with van der Waals surface area (Å²) in [5, 5.41) is 0. The van der Waals surface area contributed by atoms with Crippen molar-refractivity contribution in [3.8, 4) is 0 Å². The monoisotopic (exact) mass is 232 g/mol. The van der Waals surface area contributed by atoms with Gasteiger partial charge in [-0.1, -0.05) is 6.08 Å². The molecule has 1 aliphatic rings. The minimum absolute atomic E-state index is 0.163. The summed E-state index contributed by atoms with van der Waals surface area (Å²) in [6, 6.07) is 0. The average Bonchev–Trinajstić information content (AvgIpc) is 2.16. The van der Waals surface area contributed by atoms with Gasteiger partial charge in [-0.2, -0.15) is 22.0 Å². The van der Waals surface area contributed by atoms with Crippen LogP contribution in [-0.4, -0.2) is 18.3 Å². The first-order valence-electron chi connectivity index (χ1n) is 4.54. The molecule has 0 fully saturated rings. The molecule has 15 heavy (non-hydrogen) atoms. The van der Waals surface area contributed by atoms with E-state index in [1.807, 2.05) is 0 Å². The van der Waals surface area contributed by atoms with Gasteiger partial charge in [0, 0.05) is 0 Å². The van der Waals surface area contributed by atoms with E-state index < -0.39 is 23.8 Å². The van der Waals surface area contributed by atoms with Crippen LogP contribution in [0.4, 0.5) is 26.3 Å². The molecule has 0 saturated carbocycles. The lowest BCUT2D eigenvalue weighted by Gasteiger charge is -2.26. The molecule has 0 aliphatic heterocycles. The van der Waals surface area contributed by atoms with E-state index in [-0.39, 0.29) is 12.8 Å². The molecule has 0 nitrogen and oxygen atoms in total. The highest BCUT2D eigenvalue weighted by molar-refractivity contribution is 5.18. The van der Waals surface area contributed by atoms with Crippen LogP contribution in [0.1, 0.15) is 25.7 Å². The van der Waals surface area contributed by atoms with Gasteiger partial charge in [-0.05, 0) is 31.3 Å². The summed E-state index contributed by atoms with van der Waals surface area (Å²) in [6.45, 7) is 0. The highest BCUT2D eigenvalue weighted by atomic mass is 19.4. The van der Waals surface area contributed by atoms with Crippen LogP contribution < -0.4 is 0 Å². The fourth-order valence-electron chi connectivity index (χ4n) is 1.51. The Morgan fingerprint density at radius 3 is 2.07 bits per heavy atom. The molecule has 1 aliphatic carbocycles. The van der Waals surface area contributed by atoms with Crippen LogP contribution in [0.5, 0.6) is 0 Å². The maximum Gasteiger partial charge on any atom is 0.426 e. The highest BCUT2D eigenvalue weighted by Gasteiger charge is 2.58. The van der Waals surface area contributed by atoms with Gasteiger partial charge in [0.05, 0.1) is 0 Å². The summed E-state index contributed by atoms with van der Waals surface area (Å²) < 4.78 is 74.1. The van der Waals surface area contributed by atoms with Crippen LogP contribution in [0.25, 0.3) is 0 Å². The molecular weight excluding hydrogens is 222 g/mol. The topological polar surface area (TPSA) is 0 Å². The summed E-state index contributed by atoms with van der Waals surface area (Å²) in [5.41, 5.74) is -0.724. The first-order valence-corrected chi connectivity index (χ1v) is 4.54. The Balaban J connectivity index is 2.85. The normalized spacial score (nSPS) is 21.1. The number of allylic oxidation sites excluding steroid dienone is 2. The number of rotatable bonds is 2. The van der Waals surface area contributed by atoms with Gasteiger partial charge in [0.2, 0.25) is 0 Å². The molecule has 1 unspecified atom stereocenters. The maximum atomic E-state index is 13.0. The van der Waals surface area contributed by atoms with E-state index in [0.29, 0.717) is 12.8 Å². The standard InChI is InChI=1S/C9H10F6/c10-7(9(13,14)15)8(11,12)6-4-2-1-3-5-6/h4,7H,1-3,5H2. The van der Waals surface area contributed by atoms with Crippen LogP contribution in [0, 0.1) is 0 Å². The molecule has 1 rings (SSSR count). The smallest absolute Gasteiger partial charge is 0.230 e. The van der Waals surface area contributed by atoms with Crippen molar-refractivity contribution in [3.63, 3.8) is 0 Å². The lowest BCUT2D eigenvalue weighted by atomic mass is 9.92. The van der Waals surface area contributed by atoms with Crippen LogP contribution in [0.15, 0.2) is 11.6 Å². The Labute approximate surface area is 83.0 Å². The van der Waals surface area contributed by atoms with Crippen molar-refractivity contribution in [1.29, 1.82) is 0 Å². The molecule has 0 amide bonds. The second-order valence-electron chi connectivity index (χ2n) is 3.50. The lowest BCUT2D eigenvalue weighted by molar-refractivity contribution is -0.234. The number of halogens is 6. The zero-order valence-electron chi connectivity index (χ0n) is 7.75. The van der Waals surface area contributed by atoms with Gasteiger partial charge in [-0.25, -0.2) is 4.39 Å². The lowest BCUT2D eigenvalue weighted by Crippen LogP contribution is -2.43. The molecule has 0 spiro atoms. The molecule has 88 valence electrons. The Kier molecular flexibility index (Phi) is 3.35. The first kappa shape index (κ1) is 12.4. The molecule has 0 aromatic carbocycles. The summed E-state index contributed by atoms with van der Waals surface area (Å²) in [5.74, 6) is -4.42. The van der Waals surface area contributed by atoms with Gasteiger partial charge in [0.15, 0.2) is 0 Å².